The predicted molar refractivity (Wildman–Crippen MR) is 101 cm³/mol. The smallest absolute Gasteiger partial charge is 0.399 e. The third-order valence-electron chi connectivity index (χ3n) is 4.82. The Morgan fingerprint density at radius 1 is 1.04 bits per heavy atom. The first-order chi connectivity index (χ1) is 11.9. The van der Waals surface area contributed by atoms with E-state index in [1.54, 1.807) is 12.1 Å². The van der Waals surface area contributed by atoms with Crippen molar-refractivity contribution in [3.8, 4) is 5.75 Å². The highest BCUT2D eigenvalue weighted by Gasteiger charge is 2.52. The Morgan fingerprint density at radius 2 is 1.52 bits per heavy atom. The number of benzene rings is 1. The second kappa shape index (κ2) is 6.50. The molecule has 0 N–H and O–H groups in total. The molecule has 0 unspecified atom stereocenters. The highest BCUT2D eigenvalue weighted by Crippen LogP contribution is 2.36. The Morgan fingerprint density at radius 3 is 1.93 bits per heavy atom. The highest BCUT2D eigenvalue weighted by atomic mass is 32.2. The van der Waals surface area contributed by atoms with Crippen LogP contribution in [0.25, 0.3) is 0 Å². The van der Waals surface area contributed by atoms with Gasteiger partial charge in [-0.05, 0) is 44.4 Å². The minimum absolute atomic E-state index is 0.335. The maximum atomic E-state index is 12.8. The van der Waals surface area contributed by atoms with Gasteiger partial charge >= 0.3 is 22.7 Å². The molecule has 0 amide bonds. The van der Waals surface area contributed by atoms with Crippen molar-refractivity contribution in [3.05, 3.63) is 18.2 Å². The normalized spacial score (nSPS) is 20.0. The predicted octanol–water partition coefficient (Wildman–Crippen LogP) is 2.76. The largest absolute Gasteiger partial charge is 0.534 e. The maximum absolute atomic E-state index is 12.8. The fourth-order valence-electron chi connectivity index (χ4n) is 2.52. The summed E-state index contributed by atoms with van der Waals surface area (Å²) < 4.78 is 77.8. The average Bonchev–Trinajstić information content (AvgIpc) is 2.64. The van der Waals surface area contributed by atoms with Crippen molar-refractivity contribution in [2.75, 3.05) is 0 Å². The molecule has 27 heavy (non-hydrogen) atoms. The van der Waals surface area contributed by atoms with E-state index >= 15 is 0 Å². The zero-order valence-electron chi connectivity index (χ0n) is 16.4. The molecule has 1 fully saturated rings. The molecule has 0 aromatic heterocycles. The molecule has 0 atom stereocenters. The van der Waals surface area contributed by atoms with Gasteiger partial charge in [0, 0.05) is 0 Å². The quantitative estimate of drug-likeness (QED) is 0.423. The van der Waals surface area contributed by atoms with E-state index < -0.39 is 42.0 Å². The molecule has 11 heteroatoms. The molecular weight excluding hydrogens is 400 g/mol. The van der Waals surface area contributed by atoms with Crippen LogP contribution in [0.2, 0.25) is 19.6 Å². The SMILES string of the molecule is CC1(C)OB(c2ccc([Si](C)(C)C)c(OS(=O)(=O)C(F)(F)F)c2)OC1(C)C. The molecule has 1 aromatic carbocycles. The standard InChI is InChI=1S/C16H24BF3O5SSi/c1-14(2)15(3,4)25-17(24-14)11-8-9-13(27(5,6)7)12(10-11)23-26(21,22)16(18,19)20/h8-10H,1-7H3. The first-order valence-corrected chi connectivity index (χ1v) is 13.3. The van der Waals surface area contributed by atoms with Crippen molar-refractivity contribution in [3.63, 3.8) is 0 Å². The van der Waals surface area contributed by atoms with Crippen LogP contribution < -0.4 is 14.8 Å². The van der Waals surface area contributed by atoms with Gasteiger partial charge in [-0.25, -0.2) is 0 Å². The fraction of sp³-hybridized carbons (Fsp3) is 0.625. The van der Waals surface area contributed by atoms with Crippen molar-refractivity contribution in [1.29, 1.82) is 0 Å². The Labute approximate surface area is 159 Å². The lowest BCUT2D eigenvalue weighted by molar-refractivity contribution is -0.0499. The van der Waals surface area contributed by atoms with Crippen molar-refractivity contribution in [1.82, 2.24) is 0 Å². The number of halogens is 3. The molecular formula is C16H24BF3O5SSi. The minimum Gasteiger partial charge on any atom is -0.399 e. The Kier molecular flexibility index (Phi) is 5.36. The van der Waals surface area contributed by atoms with Crippen LogP contribution in [-0.4, -0.2) is 40.3 Å². The van der Waals surface area contributed by atoms with Crippen LogP contribution in [-0.2, 0) is 19.4 Å². The molecule has 1 aliphatic heterocycles. The number of hydrogen-bond acceptors (Lipinski definition) is 5. The van der Waals surface area contributed by atoms with Gasteiger partial charge in [-0.2, -0.15) is 21.6 Å². The summed E-state index contributed by atoms with van der Waals surface area (Å²) >= 11 is 0. The van der Waals surface area contributed by atoms with Crippen LogP contribution in [0.4, 0.5) is 13.2 Å². The van der Waals surface area contributed by atoms with Gasteiger partial charge in [-0.1, -0.05) is 31.8 Å². The number of hydrogen-bond donors (Lipinski definition) is 0. The maximum Gasteiger partial charge on any atom is 0.534 e. The Hall–Kier alpha value is -1.04. The molecule has 1 aliphatic rings. The molecule has 2 rings (SSSR count). The van der Waals surface area contributed by atoms with Crippen molar-refractivity contribution in [2.24, 2.45) is 0 Å². The van der Waals surface area contributed by atoms with Gasteiger partial charge in [0.05, 0.1) is 19.3 Å². The molecule has 1 saturated heterocycles. The fourth-order valence-corrected chi connectivity index (χ4v) is 4.51. The molecule has 1 heterocycles. The lowest BCUT2D eigenvalue weighted by Gasteiger charge is -2.32. The number of rotatable bonds is 4. The second-order valence-electron chi connectivity index (χ2n) is 8.58. The first kappa shape index (κ1) is 22.3. The molecule has 1 aromatic rings. The molecule has 0 aliphatic carbocycles. The molecule has 0 radical (unpaired) electrons. The van der Waals surface area contributed by atoms with Crippen LogP contribution in [0.5, 0.6) is 5.75 Å². The topological polar surface area (TPSA) is 61.8 Å². The summed E-state index contributed by atoms with van der Waals surface area (Å²) in [4.78, 5) is 0. The van der Waals surface area contributed by atoms with E-state index in [9.17, 15) is 21.6 Å². The zero-order valence-corrected chi connectivity index (χ0v) is 18.2. The van der Waals surface area contributed by atoms with Gasteiger partial charge in [0.25, 0.3) is 0 Å². The minimum atomic E-state index is -5.78. The van der Waals surface area contributed by atoms with E-state index in [4.69, 9.17) is 9.31 Å². The van der Waals surface area contributed by atoms with E-state index in [0.717, 1.165) is 0 Å². The summed E-state index contributed by atoms with van der Waals surface area (Å²) in [6.07, 6.45) is 0. The lowest BCUT2D eigenvalue weighted by Crippen LogP contribution is -2.43. The first-order valence-electron chi connectivity index (χ1n) is 8.38. The third-order valence-corrected chi connectivity index (χ3v) is 7.82. The van der Waals surface area contributed by atoms with Gasteiger partial charge in [0.15, 0.2) is 0 Å². The van der Waals surface area contributed by atoms with Gasteiger partial charge in [-0.15, -0.1) is 0 Å². The van der Waals surface area contributed by atoms with Gasteiger partial charge in [-0.3, -0.25) is 0 Å². The van der Waals surface area contributed by atoms with Gasteiger partial charge < -0.3 is 13.5 Å². The van der Waals surface area contributed by atoms with Crippen LogP contribution in [0.15, 0.2) is 18.2 Å². The van der Waals surface area contributed by atoms with Gasteiger partial charge in [0.2, 0.25) is 0 Å². The molecule has 5 nitrogen and oxygen atoms in total. The summed E-state index contributed by atoms with van der Waals surface area (Å²) in [5.41, 5.74) is -6.41. The summed E-state index contributed by atoms with van der Waals surface area (Å²) in [6, 6.07) is 4.52. The third kappa shape index (κ3) is 4.36. The lowest BCUT2D eigenvalue weighted by atomic mass is 9.79. The van der Waals surface area contributed by atoms with E-state index in [0.29, 0.717) is 10.6 Å². The summed E-state index contributed by atoms with van der Waals surface area (Å²) in [6.45, 7) is 13.0. The monoisotopic (exact) mass is 424 g/mol. The van der Waals surface area contributed by atoms with Crippen LogP contribution in [0.3, 0.4) is 0 Å². The van der Waals surface area contributed by atoms with Crippen LogP contribution in [0, 0.1) is 0 Å². The van der Waals surface area contributed by atoms with Gasteiger partial charge in [0.1, 0.15) is 5.75 Å². The van der Waals surface area contributed by atoms with E-state index in [2.05, 4.69) is 4.18 Å². The van der Waals surface area contributed by atoms with Crippen molar-refractivity contribution in [2.45, 2.75) is 64.0 Å². The Balaban J connectivity index is 2.51. The van der Waals surface area contributed by atoms with E-state index in [-0.39, 0.29) is 5.75 Å². The second-order valence-corrected chi connectivity index (χ2v) is 15.2. The van der Waals surface area contributed by atoms with Crippen molar-refractivity contribution >= 4 is 36.0 Å². The van der Waals surface area contributed by atoms with Crippen LogP contribution >= 0.6 is 0 Å². The highest BCUT2D eigenvalue weighted by molar-refractivity contribution is 7.88. The van der Waals surface area contributed by atoms with Crippen LogP contribution in [0.1, 0.15) is 27.7 Å². The van der Waals surface area contributed by atoms with Crippen molar-refractivity contribution < 1.29 is 35.1 Å². The average molecular weight is 424 g/mol. The molecule has 0 spiro atoms. The summed E-state index contributed by atoms with van der Waals surface area (Å²) in [7, 11) is -8.82. The molecule has 0 saturated carbocycles. The number of alkyl halides is 3. The van der Waals surface area contributed by atoms with E-state index in [1.165, 1.54) is 6.07 Å². The summed E-state index contributed by atoms with van der Waals surface area (Å²) in [5, 5.41) is 0.454. The van der Waals surface area contributed by atoms with E-state index in [1.807, 2.05) is 47.3 Å². The summed E-state index contributed by atoms with van der Waals surface area (Å²) in [5.74, 6) is -0.335. The zero-order chi connectivity index (χ0) is 21.1. The molecule has 0 bridgehead atoms. The molecule has 152 valence electrons. The Bertz CT molecular complexity index is 815.